The van der Waals surface area contributed by atoms with Crippen LogP contribution in [0.25, 0.3) is 0 Å². The number of aliphatic hydroxyl groups is 1. The SMILES string of the molecule is OC(CC1CC1(Cl)Cl)(Cn1cncn1)C1CC1(Cl)Cl. The van der Waals surface area contributed by atoms with Gasteiger partial charge in [0, 0.05) is 5.92 Å². The van der Waals surface area contributed by atoms with E-state index in [0.717, 1.165) is 0 Å². The van der Waals surface area contributed by atoms with Crippen molar-refractivity contribution >= 4 is 46.4 Å². The third kappa shape index (κ3) is 2.84. The third-order valence-electron chi connectivity index (χ3n) is 3.93. The lowest BCUT2D eigenvalue weighted by Crippen LogP contribution is -2.39. The van der Waals surface area contributed by atoms with Gasteiger partial charge in [0.15, 0.2) is 0 Å². The number of aromatic nitrogens is 3. The molecule has 1 N–H and O–H groups in total. The van der Waals surface area contributed by atoms with Gasteiger partial charge >= 0.3 is 0 Å². The van der Waals surface area contributed by atoms with Crippen molar-refractivity contribution in [2.24, 2.45) is 11.8 Å². The Morgan fingerprint density at radius 2 is 1.89 bits per heavy atom. The average molecular weight is 345 g/mol. The second kappa shape index (κ2) is 4.38. The first-order valence-corrected chi connectivity index (χ1v) is 7.55. The molecule has 19 heavy (non-hydrogen) atoms. The first-order valence-electron chi connectivity index (χ1n) is 6.03. The molecule has 1 aromatic rings. The Labute approximate surface area is 131 Å². The summed E-state index contributed by atoms with van der Waals surface area (Å²) in [7, 11) is 0. The summed E-state index contributed by atoms with van der Waals surface area (Å²) in [6.07, 6.45) is 4.68. The molecule has 2 aliphatic rings. The Kier molecular flexibility index (Phi) is 3.27. The van der Waals surface area contributed by atoms with Gasteiger partial charge in [-0.25, -0.2) is 4.98 Å². The summed E-state index contributed by atoms with van der Waals surface area (Å²) in [6.45, 7) is 0.291. The fourth-order valence-electron chi connectivity index (χ4n) is 2.63. The van der Waals surface area contributed by atoms with E-state index in [4.69, 9.17) is 46.4 Å². The number of nitrogens with zero attached hydrogens (tertiary/aromatic N) is 3. The lowest BCUT2D eigenvalue weighted by molar-refractivity contribution is -0.0164. The lowest BCUT2D eigenvalue weighted by atomic mass is 9.91. The van der Waals surface area contributed by atoms with Crippen molar-refractivity contribution in [1.82, 2.24) is 14.8 Å². The first-order chi connectivity index (χ1) is 8.73. The number of halogens is 4. The van der Waals surface area contributed by atoms with Crippen molar-refractivity contribution in [2.75, 3.05) is 0 Å². The van der Waals surface area contributed by atoms with Crippen molar-refractivity contribution in [2.45, 2.75) is 40.1 Å². The highest BCUT2D eigenvalue weighted by Crippen LogP contribution is 2.63. The Morgan fingerprint density at radius 1 is 1.26 bits per heavy atom. The maximum absolute atomic E-state index is 10.9. The van der Waals surface area contributed by atoms with Crippen LogP contribution in [0.5, 0.6) is 0 Å². The molecule has 0 bridgehead atoms. The molecule has 3 unspecified atom stereocenters. The number of hydrogen-bond acceptors (Lipinski definition) is 3. The molecule has 2 saturated carbocycles. The largest absolute Gasteiger partial charge is 0.388 e. The summed E-state index contributed by atoms with van der Waals surface area (Å²) in [5.41, 5.74) is -1.06. The second-order valence-electron chi connectivity index (χ2n) is 5.58. The van der Waals surface area contributed by atoms with Gasteiger partial charge in [0.1, 0.15) is 21.3 Å². The first kappa shape index (κ1) is 14.2. The molecule has 0 saturated heterocycles. The molecule has 4 nitrogen and oxygen atoms in total. The molecule has 0 aliphatic heterocycles. The summed E-state index contributed by atoms with van der Waals surface area (Å²) < 4.78 is -0.0211. The van der Waals surface area contributed by atoms with Crippen LogP contribution in [0.4, 0.5) is 0 Å². The average Bonchev–Trinajstić information content (AvgIpc) is 2.98. The molecule has 3 rings (SSSR count). The van der Waals surface area contributed by atoms with Crippen LogP contribution in [0, 0.1) is 11.8 Å². The summed E-state index contributed by atoms with van der Waals surface area (Å²) in [5, 5.41) is 14.9. The normalized spacial score (nSPS) is 33.7. The van der Waals surface area contributed by atoms with E-state index in [1.807, 2.05) is 0 Å². The van der Waals surface area contributed by atoms with Crippen molar-refractivity contribution < 1.29 is 5.11 Å². The van der Waals surface area contributed by atoms with Crippen molar-refractivity contribution in [3.63, 3.8) is 0 Å². The minimum atomic E-state index is -1.06. The Bertz CT molecular complexity index is 478. The maximum Gasteiger partial charge on any atom is 0.137 e. The van der Waals surface area contributed by atoms with Gasteiger partial charge < -0.3 is 5.11 Å². The predicted octanol–water partition coefficient (Wildman–Crippen LogP) is 2.79. The third-order valence-corrected chi connectivity index (χ3v) is 5.69. The van der Waals surface area contributed by atoms with Gasteiger partial charge in [-0.15, -0.1) is 46.4 Å². The molecule has 1 heterocycles. The molecule has 0 amide bonds. The van der Waals surface area contributed by atoms with Gasteiger partial charge in [0.25, 0.3) is 0 Å². The number of alkyl halides is 4. The van der Waals surface area contributed by atoms with Crippen LogP contribution in [0.1, 0.15) is 19.3 Å². The van der Waals surface area contributed by atoms with Crippen LogP contribution in [-0.4, -0.2) is 34.1 Å². The molecule has 0 spiro atoms. The highest BCUT2D eigenvalue weighted by atomic mass is 35.5. The number of hydrogen-bond donors (Lipinski definition) is 1. The Hall–Kier alpha value is 0.260. The summed E-state index contributed by atoms with van der Waals surface area (Å²) in [6, 6.07) is 0. The van der Waals surface area contributed by atoms with Gasteiger partial charge in [-0.05, 0) is 25.2 Å². The van der Waals surface area contributed by atoms with Crippen molar-refractivity contribution in [1.29, 1.82) is 0 Å². The maximum atomic E-state index is 10.9. The van der Waals surface area contributed by atoms with Gasteiger partial charge in [0.2, 0.25) is 0 Å². The molecule has 106 valence electrons. The highest BCUT2D eigenvalue weighted by Gasteiger charge is 2.65. The van der Waals surface area contributed by atoms with Crippen LogP contribution >= 0.6 is 46.4 Å². The summed E-state index contributed by atoms with van der Waals surface area (Å²) in [5.74, 6) is -0.133. The zero-order valence-corrected chi connectivity index (χ0v) is 13.0. The quantitative estimate of drug-likeness (QED) is 0.835. The highest BCUT2D eigenvalue weighted by molar-refractivity contribution is 6.51. The van der Waals surface area contributed by atoms with E-state index >= 15 is 0 Å². The monoisotopic (exact) mass is 343 g/mol. The second-order valence-corrected chi connectivity index (χ2v) is 8.67. The molecule has 2 aliphatic carbocycles. The van der Waals surface area contributed by atoms with Crippen LogP contribution in [0.3, 0.4) is 0 Å². The van der Waals surface area contributed by atoms with E-state index in [1.54, 1.807) is 11.0 Å². The number of rotatable bonds is 5. The van der Waals surface area contributed by atoms with E-state index in [1.165, 1.54) is 6.33 Å². The molecule has 8 heteroatoms. The van der Waals surface area contributed by atoms with E-state index in [9.17, 15) is 5.11 Å². The summed E-state index contributed by atoms with van der Waals surface area (Å²) >= 11 is 24.3. The van der Waals surface area contributed by atoms with Gasteiger partial charge in [-0.1, -0.05) is 0 Å². The molecular formula is C11H13Cl4N3O. The molecule has 1 aromatic heterocycles. The molecule has 3 atom stereocenters. The van der Waals surface area contributed by atoms with Crippen LogP contribution in [-0.2, 0) is 6.54 Å². The fourth-order valence-corrected chi connectivity index (χ4v) is 3.87. The van der Waals surface area contributed by atoms with E-state index < -0.39 is 14.3 Å². The standard InChI is InChI=1S/C11H13Cl4N3O/c12-10(13)2-7(10)1-9(19,8-3-11(8,14)15)4-18-6-16-5-17-18/h5-8,19H,1-4H2. The zero-order valence-electron chi connectivity index (χ0n) is 9.94. The Balaban J connectivity index is 1.76. The molecular weight excluding hydrogens is 332 g/mol. The van der Waals surface area contributed by atoms with Gasteiger partial charge in [-0.3, -0.25) is 4.68 Å². The topological polar surface area (TPSA) is 50.9 Å². The van der Waals surface area contributed by atoms with Crippen molar-refractivity contribution in [3.8, 4) is 0 Å². The zero-order chi connectivity index (χ0) is 13.9. The van der Waals surface area contributed by atoms with Gasteiger partial charge in [0.05, 0.1) is 12.1 Å². The molecule has 0 aromatic carbocycles. The summed E-state index contributed by atoms with van der Waals surface area (Å²) in [4.78, 5) is 3.87. The van der Waals surface area contributed by atoms with E-state index in [0.29, 0.717) is 25.8 Å². The van der Waals surface area contributed by atoms with Crippen molar-refractivity contribution in [3.05, 3.63) is 12.7 Å². The molecule has 2 fully saturated rings. The van der Waals surface area contributed by atoms with E-state index in [2.05, 4.69) is 10.1 Å². The predicted molar refractivity (Wildman–Crippen MR) is 74.7 cm³/mol. The minimum absolute atomic E-state index is 0.0640. The fraction of sp³-hybridized carbons (Fsp3) is 0.818. The smallest absolute Gasteiger partial charge is 0.137 e. The minimum Gasteiger partial charge on any atom is -0.388 e. The van der Waals surface area contributed by atoms with E-state index in [-0.39, 0.29) is 11.8 Å². The Morgan fingerprint density at radius 3 is 2.32 bits per heavy atom. The van der Waals surface area contributed by atoms with Crippen LogP contribution in [0.15, 0.2) is 12.7 Å². The van der Waals surface area contributed by atoms with Crippen LogP contribution in [0.2, 0.25) is 0 Å². The van der Waals surface area contributed by atoms with Gasteiger partial charge in [-0.2, -0.15) is 5.10 Å². The molecule has 0 radical (unpaired) electrons. The lowest BCUT2D eigenvalue weighted by Gasteiger charge is -2.29. The van der Waals surface area contributed by atoms with Crippen LogP contribution < -0.4 is 0 Å².